The summed E-state index contributed by atoms with van der Waals surface area (Å²) in [6.45, 7) is 1.91. The van der Waals surface area contributed by atoms with E-state index in [2.05, 4.69) is 15.4 Å². The minimum Gasteiger partial charge on any atom is -0.497 e. The molecule has 0 saturated carbocycles. The number of aromatic nitrogens is 3. The second-order valence-corrected chi connectivity index (χ2v) is 5.77. The predicted octanol–water partition coefficient (Wildman–Crippen LogP) is 2.95. The molecule has 7 heteroatoms. The highest BCUT2D eigenvalue weighted by Crippen LogP contribution is 2.23. The fraction of sp³-hybridized carbons (Fsp3) is 0.211. The van der Waals surface area contributed by atoms with Crippen LogP contribution in [0.4, 0.5) is 5.69 Å². The Balaban J connectivity index is 1.76. The number of nitrogens with one attached hydrogen (secondary N) is 1. The van der Waals surface area contributed by atoms with E-state index in [4.69, 9.17) is 9.47 Å². The molecule has 0 aliphatic heterocycles. The second-order valence-electron chi connectivity index (χ2n) is 5.77. The van der Waals surface area contributed by atoms with Gasteiger partial charge in [0, 0.05) is 24.6 Å². The quantitative estimate of drug-likeness (QED) is 0.714. The van der Waals surface area contributed by atoms with Gasteiger partial charge in [0.25, 0.3) is 0 Å². The average Bonchev–Trinajstić information content (AvgIpc) is 2.93. The highest BCUT2D eigenvalue weighted by atomic mass is 16.5. The van der Waals surface area contributed by atoms with Gasteiger partial charge in [0.2, 0.25) is 5.91 Å². The van der Waals surface area contributed by atoms with Crippen LogP contribution in [0.25, 0.3) is 17.1 Å². The molecule has 0 bridgehead atoms. The van der Waals surface area contributed by atoms with Crippen LogP contribution in [-0.4, -0.2) is 34.9 Å². The van der Waals surface area contributed by atoms with Crippen molar-refractivity contribution in [2.24, 2.45) is 7.05 Å². The third kappa shape index (κ3) is 3.66. The van der Waals surface area contributed by atoms with Crippen LogP contribution < -0.4 is 14.8 Å². The van der Waals surface area contributed by atoms with Crippen molar-refractivity contribution in [3.05, 3.63) is 47.8 Å². The molecule has 3 aromatic rings. The van der Waals surface area contributed by atoms with E-state index in [9.17, 15) is 4.79 Å². The van der Waals surface area contributed by atoms with Gasteiger partial charge in [-0.2, -0.15) is 5.10 Å². The highest BCUT2D eigenvalue weighted by molar-refractivity contribution is 6.02. The minimum atomic E-state index is -0.255. The zero-order chi connectivity index (χ0) is 18.7. The lowest BCUT2D eigenvalue weighted by molar-refractivity contribution is -0.111. The van der Waals surface area contributed by atoms with Gasteiger partial charge in [0.15, 0.2) is 5.65 Å². The molecule has 0 fully saturated rings. The molecule has 1 amide bonds. The number of pyridine rings is 1. The van der Waals surface area contributed by atoms with Crippen molar-refractivity contribution < 1.29 is 14.3 Å². The molecule has 1 N–H and O–H groups in total. The lowest BCUT2D eigenvalue weighted by atomic mass is 10.2. The van der Waals surface area contributed by atoms with Crippen LogP contribution in [0.3, 0.4) is 0 Å². The van der Waals surface area contributed by atoms with Crippen LogP contribution >= 0.6 is 0 Å². The molecule has 1 aromatic carbocycles. The number of rotatable bonds is 5. The molecule has 0 unspecified atom stereocenters. The third-order valence-corrected chi connectivity index (χ3v) is 3.93. The lowest BCUT2D eigenvalue weighted by Gasteiger charge is -2.06. The Morgan fingerprint density at radius 1 is 1.15 bits per heavy atom. The van der Waals surface area contributed by atoms with Crippen LogP contribution in [0.5, 0.6) is 11.5 Å². The maximum atomic E-state index is 12.2. The molecule has 0 aliphatic carbocycles. The number of fused-ring (bicyclic) bond motifs is 1. The first kappa shape index (κ1) is 17.5. The number of methoxy groups -OCH3 is 2. The van der Waals surface area contributed by atoms with Crippen molar-refractivity contribution in [2.75, 3.05) is 19.5 Å². The summed E-state index contributed by atoms with van der Waals surface area (Å²) in [6, 6.07) is 7.28. The number of hydrogen-bond acceptors (Lipinski definition) is 5. The summed E-state index contributed by atoms with van der Waals surface area (Å²) < 4.78 is 12.2. The first-order valence-corrected chi connectivity index (χ1v) is 8.01. The molecule has 0 saturated heterocycles. The molecular weight excluding hydrogens is 332 g/mol. The van der Waals surface area contributed by atoms with Gasteiger partial charge in [-0.05, 0) is 36.8 Å². The van der Waals surface area contributed by atoms with E-state index in [0.29, 0.717) is 17.2 Å². The number of aryl methyl sites for hydroxylation is 2. The number of anilines is 1. The van der Waals surface area contributed by atoms with Crippen molar-refractivity contribution in [1.29, 1.82) is 0 Å². The SMILES string of the molecule is COc1cc(C=CC(=O)Nc2cnc3c(c2)c(C)nn3C)cc(OC)c1. The molecule has 0 spiro atoms. The number of hydrogen-bond donors (Lipinski definition) is 1. The monoisotopic (exact) mass is 352 g/mol. The predicted molar refractivity (Wildman–Crippen MR) is 100 cm³/mol. The van der Waals surface area contributed by atoms with Crippen LogP contribution in [0.1, 0.15) is 11.3 Å². The van der Waals surface area contributed by atoms with Crippen molar-refractivity contribution >= 4 is 28.7 Å². The molecule has 0 radical (unpaired) electrons. The summed E-state index contributed by atoms with van der Waals surface area (Å²) in [7, 11) is 5.00. The second kappa shape index (κ2) is 7.26. The smallest absolute Gasteiger partial charge is 0.248 e. The molecule has 7 nitrogen and oxygen atoms in total. The van der Waals surface area contributed by atoms with E-state index in [1.165, 1.54) is 6.08 Å². The van der Waals surface area contributed by atoms with Crippen LogP contribution in [0, 0.1) is 6.92 Å². The molecule has 134 valence electrons. The van der Waals surface area contributed by atoms with Gasteiger partial charge in [-0.15, -0.1) is 0 Å². The summed E-state index contributed by atoms with van der Waals surface area (Å²) in [5, 5.41) is 8.04. The van der Waals surface area contributed by atoms with Gasteiger partial charge >= 0.3 is 0 Å². The fourth-order valence-electron chi connectivity index (χ4n) is 2.66. The van der Waals surface area contributed by atoms with E-state index in [0.717, 1.165) is 22.3 Å². The van der Waals surface area contributed by atoms with Gasteiger partial charge in [-0.25, -0.2) is 4.98 Å². The Bertz CT molecular complexity index is 970. The number of carbonyl (C=O) groups is 1. The van der Waals surface area contributed by atoms with Crippen molar-refractivity contribution in [3.63, 3.8) is 0 Å². The summed E-state index contributed by atoms with van der Waals surface area (Å²) in [5.41, 5.74) is 3.06. The first-order valence-electron chi connectivity index (χ1n) is 8.01. The normalized spacial score (nSPS) is 11.1. The zero-order valence-electron chi connectivity index (χ0n) is 15.1. The van der Waals surface area contributed by atoms with E-state index < -0.39 is 0 Å². The Kier molecular flexibility index (Phi) is 4.88. The Labute approximate surface area is 151 Å². The minimum absolute atomic E-state index is 0.255. The number of benzene rings is 1. The summed E-state index contributed by atoms with van der Waals surface area (Å²) in [4.78, 5) is 16.6. The highest BCUT2D eigenvalue weighted by Gasteiger charge is 2.08. The van der Waals surface area contributed by atoms with Gasteiger partial charge in [0.1, 0.15) is 11.5 Å². The molecule has 3 rings (SSSR count). The summed E-state index contributed by atoms with van der Waals surface area (Å²) in [6.07, 6.45) is 4.76. The fourth-order valence-corrected chi connectivity index (χ4v) is 2.66. The molecule has 26 heavy (non-hydrogen) atoms. The van der Waals surface area contributed by atoms with Gasteiger partial charge in [-0.1, -0.05) is 0 Å². The van der Waals surface area contributed by atoms with Gasteiger partial charge < -0.3 is 14.8 Å². The van der Waals surface area contributed by atoms with Crippen LogP contribution in [0.2, 0.25) is 0 Å². The standard InChI is InChI=1S/C19H20N4O3/c1-12-17-9-14(11-20-19(17)23(2)22-12)21-18(24)6-5-13-7-15(25-3)10-16(8-13)26-4/h5-11H,1-4H3,(H,21,24). The molecule has 0 atom stereocenters. The molecular formula is C19H20N4O3. The van der Waals surface area contributed by atoms with Crippen molar-refractivity contribution in [2.45, 2.75) is 6.92 Å². The largest absolute Gasteiger partial charge is 0.497 e. The zero-order valence-corrected chi connectivity index (χ0v) is 15.1. The summed E-state index contributed by atoms with van der Waals surface area (Å²) in [5.74, 6) is 1.06. The van der Waals surface area contributed by atoms with Gasteiger partial charge in [0.05, 0.1) is 31.8 Å². The van der Waals surface area contributed by atoms with E-state index in [1.807, 2.05) is 32.2 Å². The molecule has 2 heterocycles. The van der Waals surface area contributed by atoms with E-state index >= 15 is 0 Å². The molecule has 2 aromatic heterocycles. The van der Waals surface area contributed by atoms with Crippen molar-refractivity contribution in [3.8, 4) is 11.5 Å². The lowest BCUT2D eigenvalue weighted by Crippen LogP contribution is -2.08. The van der Waals surface area contributed by atoms with Gasteiger partial charge in [-0.3, -0.25) is 9.48 Å². The Morgan fingerprint density at radius 3 is 2.50 bits per heavy atom. The van der Waals surface area contributed by atoms with Crippen LogP contribution in [-0.2, 0) is 11.8 Å². The maximum absolute atomic E-state index is 12.2. The number of nitrogens with zero attached hydrogens (tertiary/aromatic N) is 3. The van der Waals surface area contributed by atoms with E-state index in [-0.39, 0.29) is 5.91 Å². The number of ether oxygens (including phenoxy) is 2. The maximum Gasteiger partial charge on any atom is 0.248 e. The summed E-state index contributed by atoms with van der Waals surface area (Å²) >= 11 is 0. The van der Waals surface area contributed by atoms with E-state index in [1.54, 1.807) is 37.2 Å². The first-order chi connectivity index (χ1) is 12.5. The number of carbonyl (C=O) groups excluding carboxylic acids is 1. The Morgan fingerprint density at radius 2 is 1.85 bits per heavy atom. The third-order valence-electron chi connectivity index (χ3n) is 3.93. The van der Waals surface area contributed by atoms with Crippen molar-refractivity contribution in [1.82, 2.24) is 14.8 Å². The molecule has 0 aliphatic rings. The average molecular weight is 352 g/mol. The number of amides is 1. The topological polar surface area (TPSA) is 78.3 Å². The Hall–Kier alpha value is -3.35. The van der Waals surface area contributed by atoms with Crippen LogP contribution in [0.15, 0.2) is 36.5 Å².